The normalized spacial score (nSPS) is 10.7. The molecule has 0 atom stereocenters. The predicted octanol–water partition coefficient (Wildman–Crippen LogP) is 1.65. The number of carbonyl (C=O) groups is 1. The summed E-state index contributed by atoms with van der Waals surface area (Å²) in [7, 11) is 0. The first-order chi connectivity index (χ1) is 9.63. The first-order valence-electron chi connectivity index (χ1n) is 5.57. The monoisotopic (exact) mass is 275 g/mol. The summed E-state index contributed by atoms with van der Waals surface area (Å²) in [5.41, 5.74) is 0.112. The van der Waals surface area contributed by atoms with Crippen LogP contribution in [-0.2, 0) is 0 Å². The number of rotatable bonds is 2. The second-order valence-electron chi connectivity index (χ2n) is 3.88. The fourth-order valence-electron chi connectivity index (χ4n) is 1.59. The van der Waals surface area contributed by atoms with Crippen molar-refractivity contribution in [3.05, 3.63) is 54.1 Å². The number of hydrogen-bond donors (Lipinski definition) is 1. The largest absolute Gasteiger partial charge is 0.319 e. The van der Waals surface area contributed by atoms with E-state index in [0.29, 0.717) is 0 Å². The van der Waals surface area contributed by atoms with Crippen LogP contribution in [0.15, 0.2) is 36.7 Å². The van der Waals surface area contributed by atoms with Crippen molar-refractivity contribution in [2.45, 2.75) is 0 Å². The fraction of sp³-hybridized carbons (Fsp3) is 0. The Morgan fingerprint density at radius 2 is 2.10 bits per heavy atom. The standard InChI is InChI=1S/C12H7F2N5O/c13-8-3-2-7(6-9(8)14)16-11(20)10-17-12-15-4-1-5-19(12)18-10/h1-6H,(H,16,20). The second kappa shape index (κ2) is 4.65. The zero-order chi connectivity index (χ0) is 14.1. The Kier molecular flexibility index (Phi) is 2.82. The molecule has 0 fully saturated rings. The molecule has 0 unspecified atom stereocenters. The van der Waals surface area contributed by atoms with Gasteiger partial charge in [0.15, 0.2) is 11.6 Å². The van der Waals surface area contributed by atoms with Gasteiger partial charge in [-0.25, -0.2) is 18.3 Å². The van der Waals surface area contributed by atoms with E-state index in [0.717, 1.165) is 12.1 Å². The number of aromatic nitrogens is 4. The number of fused-ring (bicyclic) bond motifs is 1. The molecule has 0 saturated heterocycles. The Hall–Kier alpha value is -2.90. The van der Waals surface area contributed by atoms with Gasteiger partial charge in [-0.05, 0) is 18.2 Å². The third kappa shape index (κ3) is 2.18. The van der Waals surface area contributed by atoms with E-state index in [4.69, 9.17) is 0 Å². The maximum Gasteiger partial charge on any atom is 0.295 e. The van der Waals surface area contributed by atoms with Crippen LogP contribution in [0.5, 0.6) is 0 Å². The van der Waals surface area contributed by atoms with Gasteiger partial charge in [-0.1, -0.05) is 0 Å². The molecular formula is C12H7F2N5O. The minimum absolute atomic E-state index is 0.112. The molecule has 6 nitrogen and oxygen atoms in total. The highest BCUT2D eigenvalue weighted by Crippen LogP contribution is 2.13. The minimum Gasteiger partial charge on any atom is -0.319 e. The number of anilines is 1. The lowest BCUT2D eigenvalue weighted by atomic mass is 10.3. The van der Waals surface area contributed by atoms with Crippen LogP contribution >= 0.6 is 0 Å². The Morgan fingerprint density at radius 1 is 1.25 bits per heavy atom. The molecule has 0 spiro atoms. The fourth-order valence-corrected chi connectivity index (χ4v) is 1.59. The van der Waals surface area contributed by atoms with Gasteiger partial charge in [0.05, 0.1) is 0 Å². The van der Waals surface area contributed by atoms with Gasteiger partial charge in [0.2, 0.25) is 5.82 Å². The van der Waals surface area contributed by atoms with E-state index < -0.39 is 17.5 Å². The maximum atomic E-state index is 13.0. The van der Waals surface area contributed by atoms with E-state index in [1.807, 2.05) is 0 Å². The smallest absolute Gasteiger partial charge is 0.295 e. The molecule has 0 aliphatic heterocycles. The molecule has 8 heteroatoms. The molecule has 0 aliphatic rings. The van der Waals surface area contributed by atoms with E-state index in [2.05, 4.69) is 20.4 Å². The van der Waals surface area contributed by atoms with Crippen LogP contribution in [0.2, 0.25) is 0 Å². The molecule has 1 aromatic carbocycles. The van der Waals surface area contributed by atoms with E-state index in [1.54, 1.807) is 12.3 Å². The van der Waals surface area contributed by atoms with Gasteiger partial charge >= 0.3 is 0 Å². The molecule has 0 bridgehead atoms. The molecule has 3 rings (SSSR count). The van der Waals surface area contributed by atoms with Crippen molar-refractivity contribution in [1.82, 2.24) is 19.6 Å². The van der Waals surface area contributed by atoms with Crippen LogP contribution in [0.4, 0.5) is 14.5 Å². The van der Waals surface area contributed by atoms with Gasteiger partial charge in [-0.3, -0.25) is 4.79 Å². The highest BCUT2D eigenvalue weighted by atomic mass is 19.2. The SMILES string of the molecule is O=C(Nc1ccc(F)c(F)c1)c1nc2ncccn2n1. The third-order valence-electron chi connectivity index (χ3n) is 2.50. The van der Waals surface area contributed by atoms with Crippen molar-refractivity contribution < 1.29 is 13.6 Å². The Morgan fingerprint density at radius 3 is 2.85 bits per heavy atom. The van der Waals surface area contributed by atoms with Crippen LogP contribution in [0.25, 0.3) is 5.78 Å². The van der Waals surface area contributed by atoms with Crippen molar-refractivity contribution >= 4 is 17.4 Å². The highest BCUT2D eigenvalue weighted by Gasteiger charge is 2.14. The van der Waals surface area contributed by atoms with E-state index >= 15 is 0 Å². The number of hydrogen-bond acceptors (Lipinski definition) is 4. The molecule has 0 aliphatic carbocycles. The highest BCUT2D eigenvalue weighted by molar-refractivity contribution is 6.01. The van der Waals surface area contributed by atoms with Gasteiger partial charge in [-0.15, -0.1) is 5.10 Å². The molecular weight excluding hydrogens is 268 g/mol. The zero-order valence-corrected chi connectivity index (χ0v) is 9.92. The first-order valence-corrected chi connectivity index (χ1v) is 5.57. The van der Waals surface area contributed by atoms with Crippen LogP contribution in [0.1, 0.15) is 10.6 Å². The zero-order valence-electron chi connectivity index (χ0n) is 9.92. The Balaban J connectivity index is 1.86. The topological polar surface area (TPSA) is 72.2 Å². The number of nitrogens with zero attached hydrogens (tertiary/aromatic N) is 4. The summed E-state index contributed by atoms with van der Waals surface area (Å²) < 4.78 is 27.1. The Labute approximate surface area is 111 Å². The van der Waals surface area contributed by atoms with Gasteiger partial charge in [-0.2, -0.15) is 4.98 Å². The van der Waals surface area contributed by atoms with Crippen LogP contribution < -0.4 is 5.32 Å². The number of amides is 1. The van der Waals surface area contributed by atoms with Crippen molar-refractivity contribution in [1.29, 1.82) is 0 Å². The average molecular weight is 275 g/mol. The summed E-state index contributed by atoms with van der Waals surface area (Å²) in [6.07, 6.45) is 3.10. The van der Waals surface area contributed by atoms with Gasteiger partial charge in [0.1, 0.15) is 0 Å². The molecule has 1 amide bonds. The molecule has 2 aromatic heterocycles. The predicted molar refractivity (Wildman–Crippen MR) is 65.1 cm³/mol. The lowest BCUT2D eigenvalue weighted by molar-refractivity contribution is 0.101. The Bertz CT molecular complexity index is 768. The lowest BCUT2D eigenvalue weighted by Crippen LogP contribution is -2.14. The van der Waals surface area contributed by atoms with E-state index in [1.165, 1.54) is 16.8 Å². The van der Waals surface area contributed by atoms with Crippen molar-refractivity contribution in [3.63, 3.8) is 0 Å². The summed E-state index contributed by atoms with van der Waals surface area (Å²) >= 11 is 0. The van der Waals surface area contributed by atoms with Gasteiger partial charge < -0.3 is 5.32 Å². The molecule has 3 aromatic rings. The van der Waals surface area contributed by atoms with Crippen LogP contribution in [0, 0.1) is 11.6 Å². The second-order valence-corrected chi connectivity index (χ2v) is 3.88. The summed E-state index contributed by atoms with van der Waals surface area (Å²) in [5.74, 6) is -2.52. The molecule has 2 heterocycles. The maximum absolute atomic E-state index is 13.0. The molecule has 0 saturated carbocycles. The molecule has 20 heavy (non-hydrogen) atoms. The van der Waals surface area contributed by atoms with Crippen LogP contribution in [-0.4, -0.2) is 25.5 Å². The number of halogens is 2. The van der Waals surface area contributed by atoms with Crippen molar-refractivity contribution in [2.75, 3.05) is 5.32 Å². The summed E-state index contributed by atoms with van der Waals surface area (Å²) in [5, 5.41) is 6.29. The van der Waals surface area contributed by atoms with Crippen molar-refractivity contribution in [2.24, 2.45) is 0 Å². The molecule has 100 valence electrons. The summed E-state index contributed by atoms with van der Waals surface area (Å²) in [6, 6.07) is 4.67. The number of carbonyl (C=O) groups excluding carboxylic acids is 1. The number of benzene rings is 1. The molecule has 0 radical (unpaired) electrons. The quantitative estimate of drug-likeness (QED) is 0.772. The van der Waals surface area contributed by atoms with Crippen molar-refractivity contribution in [3.8, 4) is 0 Å². The van der Waals surface area contributed by atoms with E-state index in [9.17, 15) is 13.6 Å². The summed E-state index contributed by atoms with van der Waals surface area (Å²) in [4.78, 5) is 19.7. The van der Waals surface area contributed by atoms with Gasteiger partial charge in [0, 0.05) is 24.1 Å². The molecule has 1 N–H and O–H groups in total. The first kappa shape index (κ1) is 12.2. The number of nitrogens with one attached hydrogen (secondary N) is 1. The van der Waals surface area contributed by atoms with E-state index in [-0.39, 0.29) is 17.3 Å². The minimum atomic E-state index is -1.05. The third-order valence-corrected chi connectivity index (χ3v) is 2.50. The average Bonchev–Trinajstić information content (AvgIpc) is 2.87. The summed E-state index contributed by atoms with van der Waals surface area (Å²) in [6.45, 7) is 0. The van der Waals surface area contributed by atoms with Gasteiger partial charge in [0.25, 0.3) is 11.7 Å². The lowest BCUT2D eigenvalue weighted by Gasteiger charge is -2.02. The van der Waals surface area contributed by atoms with Crippen LogP contribution in [0.3, 0.4) is 0 Å².